The molecule has 2 nitrogen and oxygen atoms in total. The Morgan fingerprint density at radius 2 is 2.00 bits per heavy atom. The van der Waals surface area contributed by atoms with Gasteiger partial charge >= 0.3 is 0 Å². The van der Waals surface area contributed by atoms with Gasteiger partial charge in [0.05, 0.1) is 0 Å². The van der Waals surface area contributed by atoms with E-state index in [0.29, 0.717) is 0 Å². The van der Waals surface area contributed by atoms with Crippen LogP contribution in [0.5, 0.6) is 0 Å². The zero-order valence-electron chi connectivity index (χ0n) is 12.1. The Bertz CT molecular complexity index is 889. The fourth-order valence-electron chi connectivity index (χ4n) is 2.95. The summed E-state index contributed by atoms with van der Waals surface area (Å²) in [5.74, 6) is 0. The molecule has 1 aromatic heterocycles. The van der Waals surface area contributed by atoms with Crippen LogP contribution >= 0.6 is 0 Å². The molecule has 0 fully saturated rings. The number of hydrogen-bond acceptors (Lipinski definition) is 1. The first-order chi connectivity index (χ1) is 9.63. The molecule has 0 atom stereocenters. The third-order valence-corrected chi connectivity index (χ3v) is 3.97. The van der Waals surface area contributed by atoms with Crippen molar-refractivity contribution in [1.82, 2.24) is 4.57 Å². The van der Waals surface area contributed by atoms with Crippen molar-refractivity contribution >= 4 is 28.1 Å². The monoisotopic (exact) mass is 265 g/mol. The van der Waals surface area contributed by atoms with E-state index in [1.165, 1.54) is 5.56 Å². The number of aryl methyl sites for hydroxylation is 1. The van der Waals surface area contributed by atoms with Gasteiger partial charge in [-0.1, -0.05) is 38.1 Å². The van der Waals surface area contributed by atoms with Gasteiger partial charge in [0.25, 0.3) is 5.56 Å². The summed E-state index contributed by atoms with van der Waals surface area (Å²) in [5, 5.41) is 4.94. The number of pyridine rings is 1. The molecule has 0 aliphatic rings. The molecule has 20 heavy (non-hydrogen) atoms. The largest absolute Gasteiger partial charge is 0.308 e. The lowest BCUT2D eigenvalue weighted by Crippen LogP contribution is -2.33. The predicted octanol–water partition coefficient (Wildman–Crippen LogP) is 3.39. The number of benzene rings is 2. The number of hydrogen-bond donors (Lipinski definition) is 0. The van der Waals surface area contributed by atoms with Crippen LogP contribution in [-0.4, -0.2) is 4.57 Å². The van der Waals surface area contributed by atoms with Crippen LogP contribution in [0.1, 0.15) is 25.3 Å². The molecule has 0 N–H and O–H groups in total. The van der Waals surface area contributed by atoms with E-state index in [0.717, 1.165) is 46.3 Å². The summed E-state index contributed by atoms with van der Waals surface area (Å²) in [7, 11) is 0. The number of rotatable bonds is 3. The molecule has 0 unspecified atom stereocenters. The van der Waals surface area contributed by atoms with Gasteiger partial charge in [0.1, 0.15) is 0 Å². The highest BCUT2D eigenvalue weighted by Crippen LogP contribution is 2.23. The van der Waals surface area contributed by atoms with Crippen molar-refractivity contribution in [1.29, 1.82) is 0 Å². The molecule has 2 aromatic carbocycles. The van der Waals surface area contributed by atoms with Crippen LogP contribution in [0.25, 0.3) is 28.1 Å². The van der Waals surface area contributed by atoms with Gasteiger partial charge in [-0.15, -0.1) is 0 Å². The molecule has 1 heterocycles. The minimum absolute atomic E-state index is 0.0883. The average Bonchev–Trinajstić information content (AvgIpc) is 2.44. The quantitative estimate of drug-likeness (QED) is 0.711. The first-order valence-corrected chi connectivity index (χ1v) is 7.18. The molecule has 0 radical (unpaired) electrons. The molecule has 0 aliphatic heterocycles. The van der Waals surface area contributed by atoms with E-state index in [1.807, 2.05) is 16.7 Å². The second-order valence-electron chi connectivity index (χ2n) is 5.47. The molecule has 0 aliphatic carbocycles. The Morgan fingerprint density at radius 1 is 1.20 bits per heavy atom. The highest BCUT2D eigenvalue weighted by Gasteiger charge is 2.10. The first kappa shape index (κ1) is 12.9. The van der Waals surface area contributed by atoms with Crippen molar-refractivity contribution < 1.29 is 0 Å². The smallest absolute Gasteiger partial charge is 0.258 e. The first-order valence-electron chi connectivity index (χ1n) is 7.18. The van der Waals surface area contributed by atoms with Crippen LogP contribution in [0.3, 0.4) is 0 Å². The zero-order chi connectivity index (χ0) is 14.3. The van der Waals surface area contributed by atoms with Gasteiger partial charge in [-0.25, -0.2) is 0 Å². The van der Waals surface area contributed by atoms with Crippen LogP contribution in [-0.2, 0) is 6.54 Å². The molecule has 3 rings (SSSR count). The minimum Gasteiger partial charge on any atom is -0.308 e. The van der Waals surface area contributed by atoms with E-state index >= 15 is 0 Å². The predicted molar refractivity (Wildman–Crippen MR) is 86.1 cm³/mol. The molecule has 0 amide bonds. The highest BCUT2D eigenvalue weighted by molar-refractivity contribution is 6.09. The standard InChI is InChI=1S/C18H19NO/c1-4-5-9-19-13(3)16-11-12(2)10-14-7-6-8-15(17(14)16)18(19)20/h6-8,10-11H,3-5,9H2,1-2H3. The summed E-state index contributed by atoms with van der Waals surface area (Å²) in [6, 6.07) is 10.2. The summed E-state index contributed by atoms with van der Waals surface area (Å²) in [5.41, 5.74) is 1.29. The van der Waals surface area contributed by atoms with Crippen LogP contribution in [0.4, 0.5) is 0 Å². The molecule has 0 saturated heterocycles. The maximum absolute atomic E-state index is 12.7. The van der Waals surface area contributed by atoms with Crippen molar-refractivity contribution in [3.05, 3.63) is 51.6 Å². The number of aromatic nitrogens is 1. The van der Waals surface area contributed by atoms with Crippen molar-refractivity contribution in [2.24, 2.45) is 0 Å². The molecule has 3 aromatic rings. The fourth-order valence-corrected chi connectivity index (χ4v) is 2.95. The van der Waals surface area contributed by atoms with Gasteiger partial charge in [-0.05, 0) is 36.4 Å². The Morgan fingerprint density at radius 3 is 2.75 bits per heavy atom. The number of nitrogens with zero attached hydrogens (tertiary/aromatic N) is 1. The Kier molecular flexibility index (Phi) is 3.09. The minimum atomic E-state index is 0.0883. The molecule has 2 heteroatoms. The topological polar surface area (TPSA) is 22.0 Å². The lowest BCUT2D eigenvalue weighted by molar-refractivity contribution is 0.607. The molecule has 0 saturated carbocycles. The molecule has 102 valence electrons. The maximum Gasteiger partial charge on any atom is 0.258 e. The van der Waals surface area contributed by atoms with Crippen molar-refractivity contribution in [2.75, 3.05) is 0 Å². The van der Waals surface area contributed by atoms with Gasteiger partial charge in [-0.2, -0.15) is 0 Å². The van der Waals surface area contributed by atoms with E-state index in [4.69, 9.17) is 0 Å². The SMILES string of the molecule is C=c1c2cc(C)cc3cccc(c(=O)n1CCCC)c32. The van der Waals surface area contributed by atoms with Crippen LogP contribution in [0, 0.1) is 6.92 Å². The van der Waals surface area contributed by atoms with E-state index in [9.17, 15) is 4.79 Å². The third-order valence-electron chi connectivity index (χ3n) is 3.97. The summed E-state index contributed by atoms with van der Waals surface area (Å²) in [4.78, 5) is 12.7. The second kappa shape index (κ2) is 4.78. The molecular weight excluding hydrogens is 246 g/mol. The van der Waals surface area contributed by atoms with Crippen LogP contribution in [0.2, 0.25) is 0 Å². The van der Waals surface area contributed by atoms with Gasteiger partial charge in [0.15, 0.2) is 0 Å². The average molecular weight is 265 g/mol. The van der Waals surface area contributed by atoms with Gasteiger partial charge < -0.3 is 4.57 Å². The number of unbranched alkanes of at least 4 members (excludes halogenated alkanes) is 1. The molecule has 0 spiro atoms. The van der Waals surface area contributed by atoms with E-state index in [-0.39, 0.29) is 5.56 Å². The Hall–Kier alpha value is -2.09. The second-order valence-corrected chi connectivity index (χ2v) is 5.47. The Labute approximate surface area is 118 Å². The summed E-state index contributed by atoms with van der Waals surface area (Å²) in [6.07, 6.45) is 2.07. The normalized spacial score (nSPS) is 11.5. The van der Waals surface area contributed by atoms with Gasteiger partial charge in [0, 0.05) is 28.1 Å². The van der Waals surface area contributed by atoms with Crippen LogP contribution < -0.4 is 10.9 Å². The van der Waals surface area contributed by atoms with Crippen LogP contribution in [0.15, 0.2) is 35.1 Å². The summed E-state index contributed by atoms with van der Waals surface area (Å²) < 4.78 is 1.83. The summed E-state index contributed by atoms with van der Waals surface area (Å²) in [6.45, 7) is 9.14. The van der Waals surface area contributed by atoms with E-state index in [1.54, 1.807) is 0 Å². The van der Waals surface area contributed by atoms with Gasteiger partial charge in [-0.3, -0.25) is 4.79 Å². The van der Waals surface area contributed by atoms with Crippen molar-refractivity contribution in [3.8, 4) is 0 Å². The zero-order valence-corrected chi connectivity index (χ0v) is 12.1. The molecule has 0 bridgehead atoms. The lowest BCUT2D eigenvalue weighted by atomic mass is 9.99. The van der Waals surface area contributed by atoms with E-state index in [2.05, 4.69) is 38.6 Å². The fraction of sp³-hybridized carbons (Fsp3) is 0.278. The third kappa shape index (κ3) is 1.83. The van der Waals surface area contributed by atoms with Crippen molar-refractivity contribution in [3.63, 3.8) is 0 Å². The molecular formula is C18H19NO. The Balaban J connectivity index is 2.50. The van der Waals surface area contributed by atoms with Gasteiger partial charge in [0.2, 0.25) is 0 Å². The highest BCUT2D eigenvalue weighted by atomic mass is 16.1. The lowest BCUT2D eigenvalue weighted by Gasteiger charge is -2.13. The van der Waals surface area contributed by atoms with Crippen molar-refractivity contribution in [2.45, 2.75) is 33.2 Å². The summed E-state index contributed by atoms with van der Waals surface area (Å²) >= 11 is 0. The van der Waals surface area contributed by atoms with E-state index < -0.39 is 0 Å². The maximum atomic E-state index is 12.7.